The zero-order chi connectivity index (χ0) is 17.1. The first-order chi connectivity index (χ1) is 11.6. The summed E-state index contributed by atoms with van der Waals surface area (Å²) in [5, 5.41) is 4.25. The van der Waals surface area contributed by atoms with E-state index in [2.05, 4.69) is 29.0 Å². The van der Waals surface area contributed by atoms with E-state index in [4.69, 9.17) is 4.74 Å². The number of thiophene rings is 1. The van der Waals surface area contributed by atoms with Crippen LogP contribution in [-0.2, 0) is 17.8 Å². The smallest absolute Gasteiger partial charge is 0.317 e. The predicted octanol–water partition coefficient (Wildman–Crippen LogP) is 2.22. The maximum atomic E-state index is 11.9. The van der Waals surface area contributed by atoms with Crippen molar-refractivity contribution in [1.82, 2.24) is 15.1 Å². The molecule has 0 atom stereocenters. The molecule has 0 bridgehead atoms. The summed E-state index contributed by atoms with van der Waals surface area (Å²) in [6.07, 6.45) is 0. The first kappa shape index (κ1) is 17.5. The van der Waals surface area contributed by atoms with Crippen LogP contribution < -0.4 is 10.2 Å². The second kappa shape index (κ2) is 7.72. The van der Waals surface area contributed by atoms with Gasteiger partial charge in [-0.1, -0.05) is 6.92 Å². The number of ether oxygens (including phenoxy) is 1. The molecule has 0 saturated carbocycles. The molecule has 0 radical (unpaired) electrons. The first-order valence-electron chi connectivity index (χ1n) is 8.83. The molecule has 2 aliphatic heterocycles. The molecule has 134 valence electrons. The maximum absolute atomic E-state index is 11.9. The minimum atomic E-state index is 0.0594. The second-order valence-electron chi connectivity index (χ2n) is 6.33. The number of hydrogen-bond acceptors (Lipinski definition) is 5. The van der Waals surface area contributed by atoms with Gasteiger partial charge in [-0.15, -0.1) is 11.3 Å². The molecule has 1 N–H and O–H groups in total. The third kappa shape index (κ3) is 3.53. The van der Waals surface area contributed by atoms with E-state index in [1.165, 1.54) is 21.0 Å². The van der Waals surface area contributed by atoms with Gasteiger partial charge >= 0.3 is 6.03 Å². The zero-order valence-corrected chi connectivity index (χ0v) is 15.7. The molecule has 1 saturated heterocycles. The van der Waals surface area contributed by atoms with E-state index in [9.17, 15) is 4.79 Å². The fourth-order valence-corrected chi connectivity index (χ4v) is 4.64. The average Bonchev–Trinajstić information content (AvgIpc) is 3.12. The molecule has 1 fully saturated rings. The summed E-state index contributed by atoms with van der Waals surface area (Å²) in [6, 6.07) is 0.0594. The van der Waals surface area contributed by atoms with Crippen LogP contribution in [0.25, 0.3) is 0 Å². The minimum absolute atomic E-state index is 0.0594. The van der Waals surface area contributed by atoms with Crippen molar-refractivity contribution < 1.29 is 9.53 Å². The van der Waals surface area contributed by atoms with Gasteiger partial charge in [-0.05, 0) is 26.0 Å². The van der Waals surface area contributed by atoms with Crippen LogP contribution in [0, 0.1) is 6.92 Å². The maximum Gasteiger partial charge on any atom is 0.317 e. The number of fused-ring (bicyclic) bond motifs is 1. The summed E-state index contributed by atoms with van der Waals surface area (Å²) in [6.45, 7) is 14.2. The summed E-state index contributed by atoms with van der Waals surface area (Å²) >= 11 is 1.85. The Morgan fingerprint density at radius 3 is 2.79 bits per heavy atom. The second-order valence-corrected chi connectivity index (χ2v) is 7.42. The monoisotopic (exact) mass is 352 g/mol. The number of carbonyl (C=O) groups is 1. The summed E-state index contributed by atoms with van der Waals surface area (Å²) in [5.41, 5.74) is 2.79. The molecule has 24 heavy (non-hydrogen) atoms. The van der Waals surface area contributed by atoms with Crippen LogP contribution in [0.3, 0.4) is 0 Å². The van der Waals surface area contributed by atoms with Gasteiger partial charge in [0.1, 0.15) is 0 Å². The highest BCUT2D eigenvalue weighted by molar-refractivity contribution is 7.16. The van der Waals surface area contributed by atoms with Crippen LogP contribution in [0.4, 0.5) is 9.80 Å². The van der Waals surface area contributed by atoms with E-state index in [0.717, 1.165) is 59.2 Å². The Kier molecular flexibility index (Phi) is 5.63. The Morgan fingerprint density at radius 2 is 2.12 bits per heavy atom. The normalized spacial score (nSPS) is 18.2. The molecular weight excluding hydrogens is 324 g/mol. The molecule has 0 aromatic carbocycles. The first-order valence-corrected chi connectivity index (χ1v) is 9.64. The van der Waals surface area contributed by atoms with Crippen molar-refractivity contribution in [3.05, 3.63) is 16.0 Å². The standard InChI is InChI=1S/C17H28N4O2S/c1-4-19-10-14-13(3)15(11-20-7-6-18-17(20)22)24-16(14)21(12-19)8-9-23-5-2/h4-12H2,1-3H3,(H,18,22). The lowest BCUT2D eigenvalue weighted by molar-refractivity contribution is 0.149. The van der Waals surface area contributed by atoms with Crippen LogP contribution >= 0.6 is 11.3 Å². The molecular formula is C17H28N4O2S. The lowest BCUT2D eigenvalue weighted by Gasteiger charge is -2.36. The van der Waals surface area contributed by atoms with Gasteiger partial charge in [0.2, 0.25) is 0 Å². The quantitative estimate of drug-likeness (QED) is 0.765. The van der Waals surface area contributed by atoms with Crippen LogP contribution in [-0.4, -0.2) is 61.9 Å². The summed E-state index contributed by atoms with van der Waals surface area (Å²) in [4.78, 5) is 20.0. The number of nitrogens with one attached hydrogen (secondary N) is 1. The molecule has 2 aliphatic rings. The Bertz CT molecular complexity index is 589. The van der Waals surface area contributed by atoms with Crippen molar-refractivity contribution in [2.24, 2.45) is 0 Å². The number of hydrogen-bond donors (Lipinski definition) is 1. The van der Waals surface area contributed by atoms with Crippen molar-refractivity contribution in [2.75, 3.05) is 51.0 Å². The molecule has 1 aromatic rings. The molecule has 1 aromatic heterocycles. The van der Waals surface area contributed by atoms with Crippen LogP contribution in [0.2, 0.25) is 0 Å². The lowest BCUT2D eigenvalue weighted by atomic mass is 10.1. The van der Waals surface area contributed by atoms with E-state index in [1.807, 2.05) is 23.2 Å². The predicted molar refractivity (Wildman–Crippen MR) is 97.7 cm³/mol. The summed E-state index contributed by atoms with van der Waals surface area (Å²) in [7, 11) is 0. The molecule has 0 aliphatic carbocycles. The summed E-state index contributed by atoms with van der Waals surface area (Å²) < 4.78 is 5.56. The van der Waals surface area contributed by atoms with Crippen LogP contribution in [0.5, 0.6) is 0 Å². The SMILES string of the molecule is CCOCCN1CN(CC)Cc2c1sc(CN1CCNC1=O)c2C. The van der Waals surface area contributed by atoms with Gasteiger partial charge in [0, 0.05) is 43.2 Å². The highest BCUT2D eigenvalue weighted by atomic mass is 32.1. The Labute approximate surface area is 148 Å². The van der Waals surface area contributed by atoms with Crippen LogP contribution in [0.15, 0.2) is 0 Å². The Balaban J connectivity index is 1.80. The number of rotatable bonds is 7. The number of carbonyl (C=O) groups excluding carboxylic acids is 1. The van der Waals surface area contributed by atoms with Gasteiger partial charge < -0.3 is 19.9 Å². The van der Waals surface area contributed by atoms with Gasteiger partial charge in [-0.25, -0.2) is 4.79 Å². The van der Waals surface area contributed by atoms with Gasteiger partial charge in [0.05, 0.1) is 24.8 Å². The average molecular weight is 353 g/mol. The van der Waals surface area contributed by atoms with Gasteiger partial charge in [0.25, 0.3) is 0 Å². The van der Waals surface area contributed by atoms with Crippen molar-refractivity contribution in [1.29, 1.82) is 0 Å². The fraction of sp³-hybridized carbons (Fsp3) is 0.706. The Hall–Kier alpha value is -1.31. The number of amides is 2. The third-order valence-corrected chi connectivity index (χ3v) is 6.20. The number of urea groups is 1. The van der Waals surface area contributed by atoms with Crippen molar-refractivity contribution in [3.8, 4) is 0 Å². The fourth-order valence-electron chi connectivity index (χ4n) is 3.29. The lowest BCUT2D eigenvalue weighted by Crippen LogP contribution is -2.43. The molecule has 3 heterocycles. The third-order valence-electron chi connectivity index (χ3n) is 4.83. The minimum Gasteiger partial charge on any atom is -0.380 e. The van der Waals surface area contributed by atoms with E-state index < -0.39 is 0 Å². The van der Waals surface area contributed by atoms with Crippen molar-refractivity contribution in [3.63, 3.8) is 0 Å². The highest BCUT2D eigenvalue weighted by Gasteiger charge is 2.29. The van der Waals surface area contributed by atoms with E-state index in [1.54, 1.807) is 0 Å². The molecule has 0 spiro atoms. The number of nitrogens with zero attached hydrogens (tertiary/aromatic N) is 3. The highest BCUT2D eigenvalue weighted by Crippen LogP contribution is 2.40. The zero-order valence-electron chi connectivity index (χ0n) is 14.9. The topological polar surface area (TPSA) is 48.1 Å². The van der Waals surface area contributed by atoms with Crippen molar-refractivity contribution in [2.45, 2.75) is 33.9 Å². The molecule has 0 unspecified atom stereocenters. The largest absolute Gasteiger partial charge is 0.380 e. The van der Waals surface area contributed by atoms with Gasteiger partial charge in [-0.2, -0.15) is 0 Å². The van der Waals surface area contributed by atoms with Gasteiger partial charge in [0.15, 0.2) is 0 Å². The molecule has 2 amide bonds. The van der Waals surface area contributed by atoms with E-state index in [-0.39, 0.29) is 6.03 Å². The molecule has 6 nitrogen and oxygen atoms in total. The summed E-state index contributed by atoms with van der Waals surface area (Å²) in [5.74, 6) is 0. The van der Waals surface area contributed by atoms with Crippen LogP contribution in [0.1, 0.15) is 29.9 Å². The van der Waals surface area contributed by atoms with Crippen molar-refractivity contribution >= 4 is 22.4 Å². The number of anilines is 1. The molecule has 3 rings (SSSR count). The van der Waals surface area contributed by atoms with E-state index in [0.29, 0.717) is 0 Å². The molecule has 7 heteroatoms. The van der Waals surface area contributed by atoms with Gasteiger partial charge in [-0.3, -0.25) is 4.90 Å². The van der Waals surface area contributed by atoms with E-state index >= 15 is 0 Å². The Morgan fingerprint density at radius 1 is 1.29 bits per heavy atom.